The minimum atomic E-state index is -4.72. The monoisotopic (exact) mass is 326 g/mol. The Morgan fingerprint density at radius 3 is 2.65 bits per heavy atom. The van der Waals surface area contributed by atoms with Gasteiger partial charge < -0.3 is 10.7 Å². The lowest BCUT2D eigenvalue weighted by Crippen LogP contribution is -2.44. The molecule has 2 N–H and O–H groups in total. The summed E-state index contributed by atoms with van der Waals surface area (Å²) in [6.07, 6.45) is -0.711. The van der Waals surface area contributed by atoms with Crippen molar-refractivity contribution >= 4 is 12.0 Å². The highest BCUT2D eigenvalue weighted by Gasteiger charge is 2.40. The van der Waals surface area contributed by atoms with E-state index in [4.69, 9.17) is 5.41 Å². The Labute approximate surface area is 131 Å². The Kier molecular flexibility index (Phi) is 5.12. The van der Waals surface area contributed by atoms with E-state index in [0.717, 1.165) is 0 Å². The summed E-state index contributed by atoms with van der Waals surface area (Å²) in [7, 11) is 0. The molecular weight excluding hydrogens is 309 g/mol. The van der Waals surface area contributed by atoms with Crippen LogP contribution in [0.3, 0.4) is 0 Å². The molecule has 1 fully saturated rings. The summed E-state index contributed by atoms with van der Waals surface area (Å²) in [5.74, 6) is -0.437. The van der Waals surface area contributed by atoms with Gasteiger partial charge in [-0.15, -0.1) is 0 Å². The number of Topliss-reactive ketones (excluding diaryl/α,β-unsaturated/α-hetero) is 1. The van der Waals surface area contributed by atoms with E-state index in [2.05, 4.69) is 15.3 Å². The molecule has 0 aromatic carbocycles. The van der Waals surface area contributed by atoms with Crippen molar-refractivity contribution in [2.45, 2.75) is 38.4 Å². The third-order valence-corrected chi connectivity index (χ3v) is 3.70. The van der Waals surface area contributed by atoms with Crippen LogP contribution in [0.25, 0.3) is 0 Å². The highest BCUT2D eigenvalue weighted by Crippen LogP contribution is 2.32. The van der Waals surface area contributed by atoms with Gasteiger partial charge in [-0.2, -0.15) is 13.2 Å². The van der Waals surface area contributed by atoms with Gasteiger partial charge in [0.1, 0.15) is 12.0 Å². The molecule has 124 valence electrons. The number of alkyl halides is 3. The summed E-state index contributed by atoms with van der Waals surface area (Å²) < 4.78 is 39.8. The molecule has 0 atom stereocenters. The number of ketones is 1. The third kappa shape index (κ3) is 4.37. The van der Waals surface area contributed by atoms with Crippen molar-refractivity contribution in [3.05, 3.63) is 35.6 Å². The molecule has 0 aliphatic heterocycles. The zero-order valence-electron chi connectivity index (χ0n) is 12.5. The summed E-state index contributed by atoms with van der Waals surface area (Å²) in [6.45, 7) is 1.95. The van der Waals surface area contributed by atoms with Gasteiger partial charge >= 0.3 is 6.18 Å². The maximum atomic E-state index is 13.3. The Morgan fingerprint density at radius 1 is 1.48 bits per heavy atom. The lowest BCUT2D eigenvalue weighted by molar-refractivity contribution is -0.117. The maximum absolute atomic E-state index is 13.3. The standard InChI is InChI=1S/C15H17F3N4O/c1-9-4-11(5-9)22-14(15(16,17)18)12(7-19)13(23)6-10-2-3-20-8-21-10/h2-3,7-9,11,19,22H,4-6H2,1H3/b14-12+,19-7?. The molecule has 0 spiro atoms. The van der Waals surface area contributed by atoms with Crippen molar-refractivity contribution in [3.63, 3.8) is 0 Å². The van der Waals surface area contributed by atoms with E-state index < -0.39 is 23.2 Å². The number of allylic oxidation sites excluding steroid dienone is 2. The smallest absolute Gasteiger partial charge is 0.378 e. The van der Waals surface area contributed by atoms with Gasteiger partial charge in [0.2, 0.25) is 0 Å². The Morgan fingerprint density at radius 2 is 2.17 bits per heavy atom. The topological polar surface area (TPSA) is 78.7 Å². The quantitative estimate of drug-likeness (QED) is 0.622. The van der Waals surface area contributed by atoms with Crippen molar-refractivity contribution in [1.29, 1.82) is 5.41 Å². The van der Waals surface area contributed by atoms with E-state index >= 15 is 0 Å². The van der Waals surface area contributed by atoms with E-state index in [9.17, 15) is 18.0 Å². The number of aromatic nitrogens is 2. The van der Waals surface area contributed by atoms with Crippen LogP contribution in [0.2, 0.25) is 0 Å². The molecule has 1 aliphatic rings. The number of carbonyl (C=O) groups is 1. The van der Waals surface area contributed by atoms with Crippen LogP contribution >= 0.6 is 0 Å². The Balaban J connectivity index is 2.24. The van der Waals surface area contributed by atoms with Crippen LogP contribution < -0.4 is 5.32 Å². The van der Waals surface area contributed by atoms with E-state index in [0.29, 0.717) is 30.7 Å². The van der Waals surface area contributed by atoms with Gasteiger partial charge in [-0.05, 0) is 24.8 Å². The molecule has 1 aromatic heterocycles. The second-order valence-electron chi connectivity index (χ2n) is 5.65. The van der Waals surface area contributed by atoms with Crippen LogP contribution in [-0.4, -0.2) is 34.2 Å². The summed E-state index contributed by atoms with van der Waals surface area (Å²) in [5, 5.41) is 9.64. The predicted molar refractivity (Wildman–Crippen MR) is 77.9 cm³/mol. The van der Waals surface area contributed by atoms with Gasteiger partial charge in [0, 0.05) is 18.5 Å². The fourth-order valence-corrected chi connectivity index (χ4v) is 2.51. The van der Waals surface area contributed by atoms with Crippen LogP contribution in [0, 0.1) is 11.3 Å². The normalized spacial score (nSPS) is 21.9. The van der Waals surface area contributed by atoms with E-state index in [1.54, 1.807) is 0 Å². The van der Waals surface area contributed by atoms with Crippen molar-refractivity contribution < 1.29 is 18.0 Å². The fourth-order valence-electron chi connectivity index (χ4n) is 2.51. The summed E-state index contributed by atoms with van der Waals surface area (Å²) >= 11 is 0. The van der Waals surface area contributed by atoms with Crippen molar-refractivity contribution in [2.75, 3.05) is 0 Å². The fraction of sp³-hybridized carbons (Fsp3) is 0.467. The van der Waals surface area contributed by atoms with Gasteiger partial charge in [-0.25, -0.2) is 9.97 Å². The average Bonchev–Trinajstić information content (AvgIpc) is 2.45. The summed E-state index contributed by atoms with van der Waals surface area (Å²) in [4.78, 5) is 19.7. The summed E-state index contributed by atoms with van der Waals surface area (Å²) in [5.41, 5.74) is -1.50. The number of nitrogens with one attached hydrogen (secondary N) is 2. The Bertz CT molecular complexity index is 607. The highest BCUT2D eigenvalue weighted by atomic mass is 19.4. The molecule has 1 saturated carbocycles. The molecule has 0 radical (unpaired) electrons. The molecule has 1 aromatic rings. The largest absolute Gasteiger partial charge is 0.431 e. The van der Waals surface area contributed by atoms with Crippen LogP contribution in [0.4, 0.5) is 13.2 Å². The third-order valence-electron chi connectivity index (χ3n) is 3.70. The van der Waals surface area contributed by atoms with E-state index in [1.165, 1.54) is 18.6 Å². The lowest BCUT2D eigenvalue weighted by atomic mass is 9.81. The molecule has 2 rings (SSSR count). The van der Waals surface area contributed by atoms with Crippen LogP contribution in [0.15, 0.2) is 29.9 Å². The Hall–Kier alpha value is -2.25. The first-order valence-electron chi connectivity index (χ1n) is 7.17. The van der Waals surface area contributed by atoms with Gasteiger partial charge in [0.15, 0.2) is 5.78 Å². The van der Waals surface area contributed by atoms with Crippen LogP contribution in [0.1, 0.15) is 25.5 Å². The van der Waals surface area contributed by atoms with Crippen LogP contribution in [0.5, 0.6) is 0 Å². The predicted octanol–water partition coefficient (Wildman–Crippen LogP) is 2.44. The number of hydrogen-bond donors (Lipinski definition) is 2. The maximum Gasteiger partial charge on any atom is 0.431 e. The number of halogens is 3. The molecule has 1 heterocycles. The first kappa shape index (κ1) is 17.1. The zero-order valence-corrected chi connectivity index (χ0v) is 12.5. The molecule has 8 heteroatoms. The zero-order chi connectivity index (χ0) is 17.0. The van der Waals surface area contributed by atoms with Gasteiger partial charge in [0.25, 0.3) is 0 Å². The molecular formula is C15H17F3N4O. The first-order chi connectivity index (χ1) is 10.8. The molecule has 0 unspecified atom stereocenters. The van der Waals surface area contributed by atoms with Crippen molar-refractivity contribution in [1.82, 2.24) is 15.3 Å². The molecule has 0 amide bonds. The van der Waals surface area contributed by atoms with Gasteiger partial charge in [0.05, 0.1) is 17.7 Å². The lowest BCUT2D eigenvalue weighted by Gasteiger charge is -2.35. The second kappa shape index (κ2) is 6.89. The number of carbonyl (C=O) groups excluding carboxylic acids is 1. The number of nitrogens with zero attached hydrogens (tertiary/aromatic N) is 2. The summed E-state index contributed by atoms with van der Waals surface area (Å²) in [6, 6.07) is 1.14. The van der Waals surface area contributed by atoms with Gasteiger partial charge in [-0.3, -0.25) is 4.79 Å². The molecule has 1 aliphatic carbocycles. The van der Waals surface area contributed by atoms with Crippen molar-refractivity contribution in [3.8, 4) is 0 Å². The number of hydrogen-bond acceptors (Lipinski definition) is 5. The average molecular weight is 326 g/mol. The highest BCUT2D eigenvalue weighted by molar-refractivity contribution is 6.13. The number of rotatable bonds is 6. The SMILES string of the molecule is CC1CC(N/C(=C(\C=N)C(=O)Cc2ccncn2)C(F)(F)F)C1. The molecule has 0 saturated heterocycles. The molecule has 5 nitrogen and oxygen atoms in total. The second-order valence-corrected chi connectivity index (χ2v) is 5.65. The molecule has 23 heavy (non-hydrogen) atoms. The first-order valence-corrected chi connectivity index (χ1v) is 7.17. The molecule has 0 bridgehead atoms. The van der Waals surface area contributed by atoms with E-state index in [-0.39, 0.29) is 12.5 Å². The minimum Gasteiger partial charge on any atom is -0.378 e. The minimum absolute atomic E-state index is 0.308. The van der Waals surface area contributed by atoms with E-state index in [1.807, 2.05) is 6.92 Å². The van der Waals surface area contributed by atoms with Crippen molar-refractivity contribution in [2.24, 2.45) is 5.92 Å². The van der Waals surface area contributed by atoms with Gasteiger partial charge in [-0.1, -0.05) is 6.92 Å². The van der Waals surface area contributed by atoms with Crippen LogP contribution in [-0.2, 0) is 11.2 Å².